The van der Waals surface area contributed by atoms with E-state index in [2.05, 4.69) is 10.6 Å². The average Bonchev–Trinajstić information content (AvgIpc) is 2.63. The summed E-state index contributed by atoms with van der Waals surface area (Å²) in [7, 11) is 0. The van der Waals surface area contributed by atoms with Gasteiger partial charge in [-0.1, -0.05) is 12.1 Å². The van der Waals surface area contributed by atoms with E-state index in [0.717, 1.165) is 23.4 Å². The fourth-order valence-corrected chi connectivity index (χ4v) is 2.84. The Hall–Kier alpha value is -2.44. The molecule has 0 saturated carbocycles. The number of hydrogen-bond acceptors (Lipinski definition) is 4. The molecule has 0 aliphatic carbocycles. The van der Waals surface area contributed by atoms with Gasteiger partial charge in [0.2, 0.25) is 5.91 Å². The third-order valence-electron chi connectivity index (χ3n) is 4.20. The van der Waals surface area contributed by atoms with Crippen LogP contribution in [0, 0.1) is 12.7 Å². The third kappa shape index (κ3) is 5.28. The lowest BCUT2D eigenvalue weighted by molar-refractivity contribution is -0.117. The van der Waals surface area contributed by atoms with Gasteiger partial charge in [-0.15, -0.1) is 0 Å². The van der Waals surface area contributed by atoms with Crippen molar-refractivity contribution in [1.82, 2.24) is 5.32 Å². The molecule has 1 heterocycles. The quantitative estimate of drug-likeness (QED) is 0.833. The van der Waals surface area contributed by atoms with Crippen LogP contribution >= 0.6 is 0 Å². The van der Waals surface area contributed by atoms with E-state index >= 15 is 0 Å². The van der Waals surface area contributed by atoms with Gasteiger partial charge in [-0.05, 0) is 48.4 Å². The molecule has 1 fully saturated rings. The number of aryl methyl sites for hydroxylation is 1. The second kappa shape index (κ2) is 8.78. The van der Waals surface area contributed by atoms with E-state index in [1.54, 1.807) is 12.1 Å². The molecular weight excluding hydrogens is 335 g/mol. The Kier molecular flexibility index (Phi) is 6.20. The predicted molar refractivity (Wildman–Crippen MR) is 97.8 cm³/mol. The lowest BCUT2D eigenvalue weighted by Gasteiger charge is -2.23. The largest absolute Gasteiger partial charge is 0.489 e. The third-order valence-corrected chi connectivity index (χ3v) is 4.20. The summed E-state index contributed by atoms with van der Waals surface area (Å²) in [5.74, 6) is 0.342. The molecule has 0 radical (unpaired) electrons. The van der Waals surface area contributed by atoms with E-state index < -0.39 is 0 Å². The van der Waals surface area contributed by atoms with Gasteiger partial charge in [0, 0.05) is 24.7 Å². The zero-order valence-corrected chi connectivity index (χ0v) is 14.8. The Morgan fingerprint density at radius 2 is 2.23 bits per heavy atom. The van der Waals surface area contributed by atoms with Crippen LogP contribution in [-0.4, -0.2) is 31.7 Å². The first-order chi connectivity index (χ1) is 12.6. The van der Waals surface area contributed by atoms with Gasteiger partial charge in [0.15, 0.2) is 0 Å². The first-order valence-corrected chi connectivity index (χ1v) is 8.69. The van der Waals surface area contributed by atoms with Crippen molar-refractivity contribution in [2.24, 2.45) is 0 Å². The summed E-state index contributed by atoms with van der Waals surface area (Å²) in [4.78, 5) is 12.2. The molecule has 6 heteroatoms. The van der Waals surface area contributed by atoms with Gasteiger partial charge in [0.1, 0.15) is 18.2 Å². The van der Waals surface area contributed by atoms with E-state index in [-0.39, 0.29) is 24.4 Å². The van der Waals surface area contributed by atoms with Gasteiger partial charge in [-0.2, -0.15) is 0 Å². The van der Waals surface area contributed by atoms with E-state index in [0.29, 0.717) is 25.4 Å². The molecule has 0 spiro atoms. The minimum absolute atomic E-state index is 0.0514. The van der Waals surface area contributed by atoms with Crippen LogP contribution in [0.4, 0.5) is 10.1 Å². The molecule has 3 rings (SSSR count). The minimum Gasteiger partial charge on any atom is -0.489 e. The van der Waals surface area contributed by atoms with Gasteiger partial charge in [-0.25, -0.2) is 4.39 Å². The Balaban J connectivity index is 1.54. The van der Waals surface area contributed by atoms with Crippen LogP contribution in [-0.2, 0) is 16.1 Å². The molecule has 1 amide bonds. The van der Waals surface area contributed by atoms with Gasteiger partial charge in [0.05, 0.1) is 13.2 Å². The number of ether oxygens (including phenoxy) is 2. The van der Waals surface area contributed by atoms with Crippen molar-refractivity contribution < 1.29 is 18.7 Å². The fraction of sp³-hybridized carbons (Fsp3) is 0.350. The van der Waals surface area contributed by atoms with Gasteiger partial charge < -0.3 is 20.1 Å². The van der Waals surface area contributed by atoms with Crippen molar-refractivity contribution in [3.63, 3.8) is 0 Å². The van der Waals surface area contributed by atoms with Gasteiger partial charge >= 0.3 is 0 Å². The highest BCUT2D eigenvalue weighted by atomic mass is 19.1. The topological polar surface area (TPSA) is 59.6 Å². The van der Waals surface area contributed by atoms with Crippen LogP contribution < -0.4 is 15.4 Å². The lowest BCUT2D eigenvalue weighted by Crippen LogP contribution is -2.43. The lowest BCUT2D eigenvalue weighted by atomic mass is 10.1. The van der Waals surface area contributed by atoms with Crippen LogP contribution in [0.25, 0.3) is 0 Å². The highest BCUT2D eigenvalue weighted by Crippen LogP contribution is 2.22. The van der Waals surface area contributed by atoms with Crippen LogP contribution in [0.2, 0.25) is 0 Å². The Bertz CT molecular complexity index is 760. The smallest absolute Gasteiger partial charge is 0.226 e. The maximum atomic E-state index is 13.2. The summed E-state index contributed by atoms with van der Waals surface area (Å²) in [5.41, 5.74) is 2.43. The van der Waals surface area contributed by atoms with Crippen LogP contribution in [0.3, 0.4) is 0 Å². The molecule has 138 valence electrons. The van der Waals surface area contributed by atoms with Crippen LogP contribution in [0.15, 0.2) is 42.5 Å². The molecule has 0 bridgehead atoms. The van der Waals surface area contributed by atoms with Crippen molar-refractivity contribution in [3.05, 3.63) is 59.4 Å². The van der Waals surface area contributed by atoms with E-state index in [1.807, 2.05) is 25.1 Å². The highest BCUT2D eigenvalue weighted by molar-refractivity contribution is 5.92. The SMILES string of the molecule is Cc1cc(OCc2cccc(F)c2)ccc1NC(=O)CC1COCCN1. The normalized spacial score (nSPS) is 16.9. The van der Waals surface area contributed by atoms with Crippen LogP contribution in [0.5, 0.6) is 5.75 Å². The van der Waals surface area contributed by atoms with E-state index in [9.17, 15) is 9.18 Å². The number of benzene rings is 2. The summed E-state index contributed by atoms with van der Waals surface area (Å²) in [5, 5.41) is 6.19. The highest BCUT2D eigenvalue weighted by Gasteiger charge is 2.17. The van der Waals surface area contributed by atoms with Crippen molar-refractivity contribution in [3.8, 4) is 5.75 Å². The monoisotopic (exact) mass is 358 g/mol. The molecule has 2 aromatic rings. The summed E-state index contributed by atoms with van der Waals surface area (Å²) < 4.78 is 24.3. The molecule has 2 N–H and O–H groups in total. The van der Waals surface area contributed by atoms with Crippen molar-refractivity contribution in [1.29, 1.82) is 0 Å². The minimum atomic E-state index is -0.279. The zero-order valence-electron chi connectivity index (χ0n) is 14.8. The number of rotatable bonds is 6. The fourth-order valence-electron chi connectivity index (χ4n) is 2.84. The number of halogens is 1. The molecule has 1 atom stereocenters. The first kappa shape index (κ1) is 18.4. The Morgan fingerprint density at radius 3 is 2.96 bits per heavy atom. The summed E-state index contributed by atoms with van der Waals surface area (Å²) in [6.45, 7) is 4.21. The Morgan fingerprint density at radius 1 is 1.35 bits per heavy atom. The number of carbonyl (C=O) groups excluding carboxylic acids is 1. The maximum absolute atomic E-state index is 13.2. The number of anilines is 1. The van der Waals surface area contributed by atoms with Crippen molar-refractivity contribution in [2.45, 2.75) is 26.0 Å². The second-order valence-corrected chi connectivity index (χ2v) is 6.37. The van der Waals surface area contributed by atoms with Crippen LogP contribution in [0.1, 0.15) is 17.5 Å². The number of nitrogens with one attached hydrogen (secondary N) is 2. The average molecular weight is 358 g/mol. The van der Waals surface area contributed by atoms with Crippen molar-refractivity contribution >= 4 is 11.6 Å². The van der Waals surface area contributed by atoms with Gasteiger partial charge in [-0.3, -0.25) is 4.79 Å². The molecule has 1 unspecified atom stereocenters. The number of carbonyl (C=O) groups is 1. The first-order valence-electron chi connectivity index (χ1n) is 8.69. The van der Waals surface area contributed by atoms with Gasteiger partial charge in [0.25, 0.3) is 0 Å². The van der Waals surface area contributed by atoms with Crippen molar-refractivity contribution in [2.75, 3.05) is 25.1 Å². The summed E-state index contributed by atoms with van der Waals surface area (Å²) in [6, 6.07) is 11.8. The summed E-state index contributed by atoms with van der Waals surface area (Å²) >= 11 is 0. The van der Waals surface area contributed by atoms with E-state index in [4.69, 9.17) is 9.47 Å². The molecule has 2 aromatic carbocycles. The molecule has 26 heavy (non-hydrogen) atoms. The molecule has 1 aliphatic rings. The maximum Gasteiger partial charge on any atom is 0.226 e. The zero-order chi connectivity index (χ0) is 18.4. The molecule has 1 saturated heterocycles. The number of morpholine rings is 1. The Labute approximate surface area is 152 Å². The number of amides is 1. The molecule has 0 aromatic heterocycles. The standard InChI is InChI=1S/C20H23FN2O3/c1-14-9-18(26-12-15-3-2-4-16(21)10-15)5-6-19(14)23-20(24)11-17-13-25-8-7-22-17/h2-6,9-10,17,22H,7-8,11-13H2,1H3,(H,23,24). The molecule has 5 nitrogen and oxygen atoms in total. The van der Waals surface area contributed by atoms with E-state index in [1.165, 1.54) is 12.1 Å². The molecular formula is C20H23FN2O3. The number of hydrogen-bond donors (Lipinski definition) is 2. The predicted octanol–water partition coefficient (Wildman–Crippen LogP) is 3.03. The summed E-state index contributed by atoms with van der Waals surface area (Å²) in [6.07, 6.45) is 0.372. The second-order valence-electron chi connectivity index (χ2n) is 6.37. The molecule has 1 aliphatic heterocycles.